The number of thioether (sulfide) groups is 1. The Morgan fingerprint density at radius 2 is 1.32 bits per heavy atom. The summed E-state index contributed by atoms with van der Waals surface area (Å²) in [5.41, 5.74) is 5.28. The molecular weight excluding hydrogens is 592 g/mol. The van der Waals surface area contributed by atoms with Gasteiger partial charge in [0.05, 0.1) is 13.2 Å². The summed E-state index contributed by atoms with van der Waals surface area (Å²) >= 11 is 1.91. The number of hydrogen-bond donors (Lipinski definition) is 5. The predicted molar refractivity (Wildman–Crippen MR) is 164 cm³/mol. The van der Waals surface area contributed by atoms with Crippen LogP contribution in [0.1, 0.15) is 28.4 Å². The van der Waals surface area contributed by atoms with Gasteiger partial charge in [0, 0.05) is 74.2 Å². The average molecular weight is 631 g/mol. The number of carboxylic acid groups (broad SMARTS) is 4. The van der Waals surface area contributed by atoms with Crippen LogP contribution in [0.5, 0.6) is 0 Å². The number of carbonyl (C=O) groups is 4. The molecule has 0 aliphatic carbocycles. The lowest BCUT2D eigenvalue weighted by atomic mass is 9.96. The van der Waals surface area contributed by atoms with Gasteiger partial charge in [-0.25, -0.2) is 19.2 Å². The number of benzene rings is 2. The fraction of sp³-hybridized carbons (Fsp3) is 0.355. The smallest absolute Gasteiger partial charge is 0.328 e. The fourth-order valence-electron chi connectivity index (χ4n) is 4.39. The molecule has 0 bridgehead atoms. The Hall–Kier alpha value is -4.01. The number of ether oxygens (including phenoxy) is 1. The standard InChI is InChI=1S/C23H30N2O2S.2C4H4O4/c1-18-6-7-22-21(16-18)23(20-5-3-2-4-19(20)17-28-22)27-15-13-25-10-8-24(9-11-25)12-14-26;2*5-3(6)1-2-4(7)8/h2-7,16,23,26H,8-15,17H2,1H3;2*1-2H,(H,5,6)(H,7,8)/b;2*2-1-. The lowest BCUT2D eigenvalue weighted by Crippen LogP contribution is -2.48. The van der Waals surface area contributed by atoms with Crippen LogP contribution < -0.4 is 0 Å². The third-order valence-electron chi connectivity index (χ3n) is 6.48. The first-order valence-corrected chi connectivity index (χ1v) is 14.7. The van der Waals surface area contributed by atoms with Crippen LogP contribution in [0.2, 0.25) is 0 Å². The van der Waals surface area contributed by atoms with Gasteiger partial charge in [-0.2, -0.15) is 0 Å². The third kappa shape index (κ3) is 13.5. The number of carboxylic acids is 4. The highest BCUT2D eigenvalue weighted by molar-refractivity contribution is 7.98. The Morgan fingerprint density at radius 1 is 0.795 bits per heavy atom. The zero-order valence-electron chi connectivity index (χ0n) is 24.4. The van der Waals surface area contributed by atoms with Crippen molar-refractivity contribution in [2.24, 2.45) is 0 Å². The van der Waals surface area contributed by atoms with Crippen molar-refractivity contribution in [1.82, 2.24) is 9.80 Å². The largest absolute Gasteiger partial charge is 0.478 e. The van der Waals surface area contributed by atoms with Crippen molar-refractivity contribution in [2.45, 2.75) is 23.7 Å². The number of aliphatic carboxylic acids is 4. The molecule has 238 valence electrons. The van der Waals surface area contributed by atoms with E-state index in [2.05, 4.69) is 59.2 Å². The first-order valence-electron chi connectivity index (χ1n) is 13.8. The molecule has 44 heavy (non-hydrogen) atoms. The zero-order valence-corrected chi connectivity index (χ0v) is 25.2. The Morgan fingerprint density at radius 3 is 1.84 bits per heavy atom. The fourth-order valence-corrected chi connectivity index (χ4v) is 5.46. The van der Waals surface area contributed by atoms with E-state index in [4.69, 9.17) is 30.3 Å². The second-order valence-electron chi connectivity index (χ2n) is 9.71. The van der Waals surface area contributed by atoms with Gasteiger partial charge in [0.1, 0.15) is 6.10 Å². The van der Waals surface area contributed by atoms with Crippen LogP contribution in [0.4, 0.5) is 0 Å². The molecule has 1 unspecified atom stereocenters. The summed E-state index contributed by atoms with van der Waals surface area (Å²) in [6, 6.07) is 15.5. The first kappa shape index (κ1) is 36.2. The van der Waals surface area contributed by atoms with E-state index < -0.39 is 23.9 Å². The van der Waals surface area contributed by atoms with Gasteiger partial charge in [0.2, 0.25) is 0 Å². The second kappa shape index (κ2) is 19.3. The molecule has 2 aromatic carbocycles. The Kier molecular flexibility index (Phi) is 15.9. The molecule has 5 N–H and O–H groups in total. The zero-order chi connectivity index (χ0) is 32.5. The van der Waals surface area contributed by atoms with Crippen molar-refractivity contribution in [3.8, 4) is 0 Å². The van der Waals surface area contributed by atoms with Gasteiger partial charge in [-0.05, 0) is 29.7 Å². The Balaban J connectivity index is 0.000000349. The molecule has 0 radical (unpaired) electrons. The Labute approximate surface area is 259 Å². The molecule has 13 heteroatoms. The molecule has 12 nitrogen and oxygen atoms in total. The number of β-amino-alcohol motifs (C(OH)–C–C–N with tert-alkyl or cyclic N) is 1. The monoisotopic (exact) mass is 630 g/mol. The van der Waals surface area contributed by atoms with E-state index in [9.17, 15) is 19.2 Å². The summed E-state index contributed by atoms with van der Waals surface area (Å²) in [6.45, 7) is 9.06. The Bertz CT molecular complexity index is 1260. The quantitative estimate of drug-likeness (QED) is 0.242. The third-order valence-corrected chi connectivity index (χ3v) is 7.62. The van der Waals surface area contributed by atoms with Gasteiger partial charge in [0.15, 0.2) is 0 Å². The van der Waals surface area contributed by atoms with Crippen LogP contribution in [0.25, 0.3) is 0 Å². The molecule has 2 aliphatic heterocycles. The molecule has 0 amide bonds. The number of fused-ring (bicyclic) bond motifs is 2. The van der Waals surface area contributed by atoms with Crippen LogP contribution in [-0.2, 0) is 29.7 Å². The molecule has 2 heterocycles. The molecule has 0 spiro atoms. The average Bonchev–Trinajstić information content (AvgIpc) is 3.13. The van der Waals surface area contributed by atoms with Crippen LogP contribution >= 0.6 is 11.8 Å². The minimum absolute atomic E-state index is 0.0109. The van der Waals surface area contributed by atoms with Gasteiger partial charge < -0.3 is 30.3 Å². The van der Waals surface area contributed by atoms with Crippen molar-refractivity contribution < 1.29 is 49.4 Å². The normalized spacial score (nSPS) is 16.5. The van der Waals surface area contributed by atoms with Crippen molar-refractivity contribution in [1.29, 1.82) is 0 Å². The number of aryl methyl sites for hydroxylation is 1. The number of nitrogens with zero attached hydrogens (tertiary/aromatic N) is 2. The van der Waals surface area contributed by atoms with E-state index in [1.165, 1.54) is 27.1 Å². The summed E-state index contributed by atoms with van der Waals surface area (Å²) < 4.78 is 6.54. The van der Waals surface area contributed by atoms with E-state index in [0.717, 1.165) is 51.6 Å². The summed E-state index contributed by atoms with van der Waals surface area (Å²) in [7, 11) is 0. The van der Waals surface area contributed by atoms with Crippen LogP contribution in [0.3, 0.4) is 0 Å². The number of rotatable bonds is 10. The van der Waals surface area contributed by atoms with Gasteiger partial charge in [-0.3, -0.25) is 9.80 Å². The van der Waals surface area contributed by atoms with E-state index in [1.54, 1.807) is 0 Å². The van der Waals surface area contributed by atoms with Crippen molar-refractivity contribution in [2.75, 3.05) is 52.5 Å². The molecule has 1 fully saturated rings. The molecule has 0 saturated carbocycles. The second-order valence-corrected chi connectivity index (χ2v) is 10.7. The van der Waals surface area contributed by atoms with Crippen LogP contribution in [0.15, 0.2) is 71.7 Å². The SMILES string of the molecule is Cc1ccc2c(c1)C(OCCN1CCN(CCO)CC1)c1ccccc1CS2.O=C(O)/C=C\C(=O)O.O=C(O)/C=C\C(=O)O. The predicted octanol–water partition coefficient (Wildman–Crippen LogP) is 2.74. The van der Waals surface area contributed by atoms with Crippen LogP contribution in [-0.4, -0.2) is 112 Å². The van der Waals surface area contributed by atoms with Gasteiger partial charge in [-0.1, -0.05) is 42.0 Å². The lowest BCUT2D eigenvalue weighted by Gasteiger charge is -2.34. The molecule has 1 saturated heterocycles. The number of aliphatic hydroxyl groups is 1. The van der Waals surface area contributed by atoms with Gasteiger partial charge >= 0.3 is 23.9 Å². The summed E-state index contributed by atoms with van der Waals surface area (Å²) in [5.74, 6) is -4.03. The summed E-state index contributed by atoms with van der Waals surface area (Å²) in [4.78, 5) is 44.4. The summed E-state index contributed by atoms with van der Waals surface area (Å²) in [5, 5.41) is 40.3. The lowest BCUT2D eigenvalue weighted by molar-refractivity contribution is -0.134. The molecule has 4 rings (SSSR count). The van der Waals surface area contributed by atoms with Gasteiger partial charge in [0.25, 0.3) is 0 Å². The highest BCUT2D eigenvalue weighted by Gasteiger charge is 2.25. The highest BCUT2D eigenvalue weighted by atomic mass is 32.2. The molecule has 2 aliphatic rings. The maximum atomic E-state index is 9.55. The number of hydrogen-bond acceptors (Lipinski definition) is 9. The number of piperazine rings is 1. The van der Waals surface area contributed by atoms with E-state index in [0.29, 0.717) is 24.3 Å². The van der Waals surface area contributed by atoms with Crippen LogP contribution in [0, 0.1) is 6.92 Å². The molecule has 0 aromatic heterocycles. The first-order chi connectivity index (χ1) is 21.0. The number of aliphatic hydroxyl groups excluding tert-OH is 1. The summed E-state index contributed by atoms with van der Waals surface area (Å²) in [6.07, 6.45) is 2.24. The van der Waals surface area contributed by atoms with Crippen molar-refractivity contribution >= 4 is 35.6 Å². The van der Waals surface area contributed by atoms with E-state index >= 15 is 0 Å². The van der Waals surface area contributed by atoms with Gasteiger partial charge in [-0.15, -0.1) is 11.8 Å². The molecule has 2 aromatic rings. The molecular formula is C31H38N2O10S. The van der Waals surface area contributed by atoms with Crippen molar-refractivity contribution in [3.63, 3.8) is 0 Å². The van der Waals surface area contributed by atoms with E-state index in [1.807, 2.05) is 11.8 Å². The highest BCUT2D eigenvalue weighted by Crippen LogP contribution is 2.41. The maximum absolute atomic E-state index is 9.55. The van der Waals surface area contributed by atoms with Crippen molar-refractivity contribution in [3.05, 3.63) is 89.0 Å². The van der Waals surface area contributed by atoms with E-state index in [-0.39, 0.29) is 12.7 Å². The molecule has 1 atom stereocenters. The minimum atomic E-state index is -1.26. The maximum Gasteiger partial charge on any atom is 0.328 e. The topological polar surface area (TPSA) is 185 Å². The minimum Gasteiger partial charge on any atom is -0.478 e.